The van der Waals surface area contributed by atoms with Crippen LogP contribution in [0.2, 0.25) is 0 Å². The Balaban J connectivity index is 1.47. The molecule has 146 valence electrons. The van der Waals surface area contributed by atoms with Crippen LogP contribution in [0.15, 0.2) is 53.9 Å². The van der Waals surface area contributed by atoms with Crippen LogP contribution >= 0.6 is 11.3 Å². The molecule has 6 heteroatoms. The second-order valence-electron chi connectivity index (χ2n) is 6.56. The molecule has 0 atom stereocenters. The molecule has 0 bridgehead atoms. The molecule has 28 heavy (non-hydrogen) atoms. The SMILES string of the molecule is Cc1cccc(OCCN(C)C(=O)c2ccc(OCc3csc(C)n3)cc2)c1. The third kappa shape index (κ3) is 5.57. The van der Waals surface area contributed by atoms with Crippen molar-refractivity contribution in [3.8, 4) is 11.5 Å². The Morgan fingerprint density at radius 2 is 1.86 bits per heavy atom. The number of carbonyl (C=O) groups is 1. The molecule has 0 saturated heterocycles. The van der Waals surface area contributed by atoms with Gasteiger partial charge in [0.2, 0.25) is 0 Å². The van der Waals surface area contributed by atoms with Crippen molar-refractivity contribution in [2.75, 3.05) is 20.2 Å². The van der Waals surface area contributed by atoms with Gasteiger partial charge in [-0.15, -0.1) is 11.3 Å². The highest BCUT2D eigenvalue weighted by Crippen LogP contribution is 2.17. The molecule has 0 aliphatic carbocycles. The first-order chi connectivity index (χ1) is 13.5. The van der Waals surface area contributed by atoms with Crippen LogP contribution < -0.4 is 9.47 Å². The Hall–Kier alpha value is -2.86. The van der Waals surface area contributed by atoms with Gasteiger partial charge in [0.05, 0.1) is 17.2 Å². The summed E-state index contributed by atoms with van der Waals surface area (Å²) in [5, 5.41) is 3.01. The Kier molecular flexibility index (Phi) is 6.66. The molecule has 0 saturated carbocycles. The lowest BCUT2D eigenvalue weighted by molar-refractivity contribution is 0.0773. The third-order valence-corrected chi connectivity index (χ3v) is 5.01. The summed E-state index contributed by atoms with van der Waals surface area (Å²) >= 11 is 1.60. The highest BCUT2D eigenvalue weighted by atomic mass is 32.1. The summed E-state index contributed by atoms with van der Waals surface area (Å²) in [7, 11) is 1.77. The van der Waals surface area contributed by atoms with E-state index in [0.29, 0.717) is 31.1 Å². The Morgan fingerprint density at radius 3 is 2.54 bits per heavy atom. The molecular formula is C22H24N2O3S. The van der Waals surface area contributed by atoms with Gasteiger partial charge in [-0.3, -0.25) is 4.79 Å². The summed E-state index contributed by atoms with van der Waals surface area (Å²) in [6.07, 6.45) is 0. The number of nitrogens with zero attached hydrogens (tertiary/aromatic N) is 2. The molecule has 5 nitrogen and oxygen atoms in total. The number of aryl methyl sites for hydroxylation is 2. The van der Waals surface area contributed by atoms with E-state index in [1.165, 1.54) is 0 Å². The van der Waals surface area contributed by atoms with Crippen molar-refractivity contribution in [1.29, 1.82) is 0 Å². The topological polar surface area (TPSA) is 51.7 Å². The summed E-state index contributed by atoms with van der Waals surface area (Å²) < 4.78 is 11.4. The molecule has 0 unspecified atom stereocenters. The molecule has 1 heterocycles. The van der Waals surface area contributed by atoms with E-state index in [1.807, 2.05) is 55.6 Å². The van der Waals surface area contributed by atoms with Crippen LogP contribution in [0, 0.1) is 13.8 Å². The van der Waals surface area contributed by atoms with Gasteiger partial charge in [0.1, 0.15) is 24.7 Å². The van der Waals surface area contributed by atoms with Gasteiger partial charge >= 0.3 is 0 Å². The molecule has 0 radical (unpaired) electrons. The molecule has 0 aliphatic heterocycles. The van der Waals surface area contributed by atoms with Gasteiger partial charge in [0.15, 0.2) is 0 Å². The van der Waals surface area contributed by atoms with Crippen LogP contribution in [0.4, 0.5) is 0 Å². The zero-order valence-electron chi connectivity index (χ0n) is 16.3. The lowest BCUT2D eigenvalue weighted by Gasteiger charge is -2.18. The predicted molar refractivity (Wildman–Crippen MR) is 111 cm³/mol. The van der Waals surface area contributed by atoms with Gasteiger partial charge in [-0.05, 0) is 55.8 Å². The molecule has 2 aromatic carbocycles. The van der Waals surface area contributed by atoms with Crippen molar-refractivity contribution >= 4 is 17.2 Å². The monoisotopic (exact) mass is 396 g/mol. The van der Waals surface area contributed by atoms with Crippen molar-refractivity contribution in [1.82, 2.24) is 9.88 Å². The number of hydrogen-bond donors (Lipinski definition) is 0. The van der Waals surface area contributed by atoms with Crippen LogP contribution in [0.5, 0.6) is 11.5 Å². The number of rotatable bonds is 8. The Morgan fingerprint density at radius 1 is 1.07 bits per heavy atom. The number of amides is 1. The van der Waals surface area contributed by atoms with Crippen molar-refractivity contribution in [3.05, 3.63) is 75.7 Å². The number of benzene rings is 2. The van der Waals surface area contributed by atoms with Crippen LogP contribution in [-0.2, 0) is 6.61 Å². The van der Waals surface area contributed by atoms with Crippen LogP contribution in [-0.4, -0.2) is 36.0 Å². The zero-order chi connectivity index (χ0) is 19.9. The highest BCUT2D eigenvalue weighted by Gasteiger charge is 2.12. The van der Waals surface area contributed by atoms with E-state index >= 15 is 0 Å². The number of carbonyl (C=O) groups excluding carboxylic acids is 1. The van der Waals surface area contributed by atoms with E-state index < -0.39 is 0 Å². The van der Waals surface area contributed by atoms with Gasteiger partial charge < -0.3 is 14.4 Å². The lowest BCUT2D eigenvalue weighted by Crippen LogP contribution is -2.30. The fourth-order valence-corrected chi connectivity index (χ4v) is 3.25. The molecule has 1 aromatic heterocycles. The maximum Gasteiger partial charge on any atom is 0.253 e. The molecule has 1 amide bonds. The quantitative estimate of drug-likeness (QED) is 0.563. The fourth-order valence-electron chi connectivity index (χ4n) is 2.65. The largest absolute Gasteiger partial charge is 0.492 e. The van der Waals surface area contributed by atoms with E-state index in [9.17, 15) is 4.79 Å². The summed E-state index contributed by atoms with van der Waals surface area (Å²) in [4.78, 5) is 18.6. The maximum atomic E-state index is 12.6. The number of thiazole rings is 1. The van der Waals surface area contributed by atoms with Crippen molar-refractivity contribution in [2.24, 2.45) is 0 Å². The first-order valence-corrected chi connectivity index (χ1v) is 9.98. The Bertz CT molecular complexity index is 922. The van der Waals surface area contributed by atoms with Gasteiger partial charge in [-0.1, -0.05) is 12.1 Å². The van der Waals surface area contributed by atoms with Crippen molar-refractivity contribution in [2.45, 2.75) is 20.5 Å². The zero-order valence-corrected chi connectivity index (χ0v) is 17.2. The summed E-state index contributed by atoms with van der Waals surface area (Å²) in [5.74, 6) is 1.49. The molecule has 3 rings (SSSR count). The first-order valence-electron chi connectivity index (χ1n) is 9.10. The molecule has 0 N–H and O–H groups in total. The standard InChI is InChI=1S/C22H24N2O3S/c1-16-5-4-6-21(13-16)26-12-11-24(3)22(25)18-7-9-20(10-8-18)27-14-19-15-28-17(2)23-19/h4-10,13,15H,11-12,14H2,1-3H3. The number of hydrogen-bond acceptors (Lipinski definition) is 5. The maximum absolute atomic E-state index is 12.6. The second-order valence-corrected chi connectivity index (χ2v) is 7.62. The van der Waals surface area contributed by atoms with Gasteiger partial charge in [-0.25, -0.2) is 4.98 Å². The van der Waals surface area contributed by atoms with Gasteiger partial charge in [0, 0.05) is 18.0 Å². The normalized spacial score (nSPS) is 10.5. The van der Waals surface area contributed by atoms with Crippen LogP contribution in [0.1, 0.15) is 26.6 Å². The highest BCUT2D eigenvalue weighted by molar-refractivity contribution is 7.09. The number of aromatic nitrogens is 1. The third-order valence-electron chi connectivity index (χ3n) is 4.19. The fraction of sp³-hybridized carbons (Fsp3) is 0.273. The lowest BCUT2D eigenvalue weighted by atomic mass is 10.2. The smallest absolute Gasteiger partial charge is 0.253 e. The summed E-state index contributed by atoms with van der Waals surface area (Å²) in [6, 6.07) is 15.1. The van der Waals surface area contributed by atoms with Crippen molar-refractivity contribution < 1.29 is 14.3 Å². The minimum atomic E-state index is -0.0467. The van der Waals surface area contributed by atoms with Crippen LogP contribution in [0.3, 0.4) is 0 Å². The Labute approximate surface area is 169 Å². The first kappa shape index (κ1) is 19.9. The predicted octanol–water partition coefficient (Wildman–Crippen LogP) is 4.49. The summed E-state index contributed by atoms with van der Waals surface area (Å²) in [6.45, 7) is 5.37. The van der Waals surface area contributed by atoms with Gasteiger partial charge in [0.25, 0.3) is 5.91 Å². The molecule has 0 aliphatic rings. The average molecular weight is 397 g/mol. The van der Waals surface area contributed by atoms with E-state index in [-0.39, 0.29) is 5.91 Å². The average Bonchev–Trinajstić information content (AvgIpc) is 3.11. The van der Waals surface area contributed by atoms with Crippen LogP contribution in [0.25, 0.3) is 0 Å². The van der Waals surface area contributed by atoms with E-state index in [1.54, 1.807) is 35.4 Å². The van der Waals surface area contributed by atoms with E-state index in [2.05, 4.69) is 4.98 Å². The van der Waals surface area contributed by atoms with Crippen molar-refractivity contribution in [3.63, 3.8) is 0 Å². The number of ether oxygens (including phenoxy) is 2. The molecule has 3 aromatic rings. The number of likely N-dealkylation sites (N-methyl/N-ethyl adjacent to an activating group) is 1. The molecule has 0 spiro atoms. The van der Waals surface area contributed by atoms with Gasteiger partial charge in [-0.2, -0.15) is 0 Å². The second kappa shape index (κ2) is 9.37. The molecular weight excluding hydrogens is 372 g/mol. The summed E-state index contributed by atoms with van der Waals surface area (Å²) in [5.41, 5.74) is 2.68. The molecule has 0 fully saturated rings. The minimum absolute atomic E-state index is 0.0467. The van der Waals surface area contributed by atoms with E-state index in [0.717, 1.165) is 22.0 Å². The minimum Gasteiger partial charge on any atom is -0.492 e. The van der Waals surface area contributed by atoms with E-state index in [4.69, 9.17) is 9.47 Å².